The zero-order chi connectivity index (χ0) is 11.2. The molecule has 0 radical (unpaired) electrons. The first-order chi connectivity index (χ1) is 7.90. The molecular formula is C12H21N3O. The lowest BCUT2D eigenvalue weighted by molar-refractivity contribution is 0.101. The topological polar surface area (TPSA) is 39.1 Å². The van der Waals surface area contributed by atoms with Crippen molar-refractivity contribution in [1.29, 1.82) is 0 Å². The van der Waals surface area contributed by atoms with Crippen LogP contribution in [0.2, 0.25) is 0 Å². The van der Waals surface area contributed by atoms with Gasteiger partial charge in [0.2, 0.25) is 0 Å². The van der Waals surface area contributed by atoms with Crippen LogP contribution < -0.4 is 5.32 Å². The Hall–Kier alpha value is -0.870. The Morgan fingerprint density at radius 2 is 2.56 bits per heavy atom. The molecule has 1 aliphatic heterocycles. The molecule has 0 amide bonds. The van der Waals surface area contributed by atoms with E-state index in [4.69, 9.17) is 4.74 Å². The quantitative estimate of drug-likeness (QED) is 0.795. The highest BCUT2D eigenvalue weighted by molar-refractivity contribution is 4.91. The first-order valence-electron chi connectivity index (χ1n) is 6.16. The summed E-state index contributed by atoms with van der Waals surface area (Å²) in [6.07, 6.45) is 9.28. The molecule has 1 N–H and O–H groups in total. The second-order valence-corrected chi connectivity index (χ2v) is 4.34. The highest BCUT2D eigenvalue weighted by Crippen LogP contribution is 2.17. The van der Waals surface area contributed by atoms with Gasteiger partial charge in [0.25, 0.3) is 0 Å². The lowest BCUT2D eigenvalue weighted by Crippen LogP contribution is -2.13. The van der Waals surface area contributed by atoms with Crippen LogP contribution in [-0.4, -0.2) is 29.3 Å². The zero-order valence-corrected chi connectivity index (χ0v) is 9.98. The van der Waals surface area contributed by atoms with Crippen LogP contribution in [0.1, 0.15) is 31.5 Å². The van der Waals surface area contributed by atoms with Gasteiger partial charge in [0.1, 0.15) is 5.82 Å². The van der Waals surface area contributed by atoms with Crippen molar-refractivity contribution in [1.82, 2.24) is 14.9 Å². The molecule has 0 saturated carbocycles. The fraction of sp³-hybridized carbons (Fsp3) is 0.750. The van der Waals surface area contributed by atoms with E-state index < -0.39 is 0 Å². The van der Waals surface area contributed by atoms with Crippen molar-refractivity contribution in [3.05, 3.63) is 18.2 Å². The number of ether oxygens (including phenoxy) is 1. The number of aromatic nitrogens is 2. The lowest BCUT2D eigenvalue weighted by Gasteiger charge is -2.10. The van der Waals surface area contributed by atoms with Gasteiger partial charge in [-0.25, -0.2) is 4.98 Å². The number of hydrogen-bond donors (Lipinski definition) is 1. The molecule has 1 atom stereocenters. The fourth-order valence-corrected chi connectivity index (χ4v) is 2.23. The van der Waals surface area contributed by atoms with Crippen LogP contribution in [0.25, 0.3) is 0 Å². The Kier molecular flexibility index (Phi) is 4.36. The van der Waals surface area contributed by atoms with E-state index in [0.29, 0.717) is 6.10 Å². The van der Waals surface area contributed by atoms with Gasteiger partial charge in [-0.05, 0) is 32.7 Å². The summed E-state index contributed by atoms with van der Waals surface area (Å²) in [5.74, 6) is 1.12. The highest BCUT2D eigenvalue weighted by atomic mass is 16.5. The zero-order valence-electron chi connectivity index (χ0n) is 9.98. The fourth-order valence-electron chi connectivity index (χ4n) is 2.23. The van der Waals surface area contributed by atoms with E-state index in [1.807, 2.05) is 13.2 Å². The van der Waals surface area contributed by atoms with Gasteiger partial charge in [0.05, 0.1) is 12.6 Å². The van der Waals surface area contributed by atoms with Gasteiger partial charge in [0, 0.05) is 25.5 Å². The minimum absolute atomic E-state index is 0.510. The summed E-state index contributed by atoms with van der Waals surface area (Å²) in [7, 11) is 1.95. The summed E-state index contributed by atoms with van der Waals surface area (Å²) in [6, 6.07) is 0. The molecule has 4 nitrogen and oxygen atoms in total. The van der Waals surface area contributed by atoms with E-state index >= 15 is 0 Å². The van der Waals surface area contributed by atoms with Crippen molar-refractivity contribution in [2.45, 2.75) is 44.9 Å². The van der Waals surface area contributed by atoms with Gasteiger partial charge in [-0.2, -0.15) is 0 Å². The summed E-state index contributed by atoms with van der Waals surface area (Å²) in [5.41, 5.74) is 0. The summed E-state index contributed by atoms with van der Waals surface area (Å²) in [4.78, 5) is 4.33. The van der Waals surface area contributed by atoms with Crippen LogP contribution in [0, 0.1) is 0 Å². The minimum atomic E-state index is 0.510. The highest BCUT2D eigenvalue weighted by Gasteiger charge is 2.14. The molecule has 1 aromatic heterocycles. The molecule has 0 bridgehead atoms. The van der Waals surface area contributed by atoms with Crippen LogP contribution in [0.4, 0.5) is 0 Å². The third-order valence-corrected chi connectivity index (χ3v) is 3.09. The average Bonchev–Trinajstić information content (AvgIpc) is 2.91. The third kappa shape index (κ3) is 3.06. The van der Waals surface area contributed by atoms with Crippen LogP contribution in [-0.2, 0) is 17.8 Å². The molecule has 0 spiro atoms. The Bertz CT molecular complexity index is 305. The molecule has 1 aliphatic rings. The lowest BCUT2D eigenvalue weighted by atomic mass is 10.1. The Morgan fingerprint density at radius 3 is 3.31 bits per heavy atom. The van der Waals surface area contributed by atoms with Crippen molar-refractivity contribution in [3.8, 4) is 0 Å². The SMILES string of the molecule is CNCc1nccn1CCCC1CCCO1. The van der Waals surface area contributed by atoms with Crippen LogP contribution in [0.3, 0.4) is 0 Å². The number of imidazole rings is 1. The molecule has 2 rings (SSSR count). The van der Waals surface area contributed by atoms with Crippen LogP contribution in [0.5, 0.6) is 0 Å². The molecule has 4 heteroatoms. The van der Waals surface area contributed by atoms with Crippen molar-refractivity contribution >= 4 is 0 Å². The van der Waals surface area contributed by atoms with E-state index in [1.165, 1.54) is 25.7 Å². The minimum Gasteiger partial charge on any atom is -0.378 e. The van der Waals surface area contributed by atoms with Crippen molar-refractivity contribution in [2.75, 3.05) is 13.7 Å². The number of nitrogens with one attached hydrogen (secondary N) is 1. The monoisotopic (exact) mass is 223 g/mol. The number of nitrogens with zero attached hydrogens (tertiary/aromatic N) is 2. The van der Waals surface area contributed by atoms with E-state index in [-0.39, 0.29) is 0 Å². The molecule has 0 aromatic carbocycles. The number of rotatable bonds is 6. The maximum absolute atomic E-state index is 5.61. The molecular weight excluding hydrogens is 202 g/mol. The summed E-state index contributed by atoms with van der Waals surface area (Å²) < 4.78 is 7.84. The van der Waals surface area contributed by atoms with Gasteiger partial charge < -0.3 is 14.6 Å². The average molecular weight is 223 g/mol. The summed E-state index contributed by atoms with van der Waals surface area (Å²) in [5, 5.41) is 3.13. The largest absolute Gasteiger partial charge is 0.378 e. The molecule has 0 aliphatic carbocycles. The Labute approximate surface area is 97.0 Å². The maximum atomic E-state index is 5.61. The number of hydrogen-bond acceptors (Lipinski definition) is 3. The van der Waals surface area contributed by atoms with Crippen LogP contribution >= 0.6 is 0 Å². The van der Waals surface area contributed by atoms with Gasteiger partial charge in [0.15, 0.2) is 0 Å². The molecule has 1 aromatic rings. The third-order valence-electron chi connectivity index (χ3n) is 3.09. The van der Waals surface area contributed by atoms with E-state index in [9.17, 15) is 0 Å². The van der Waals surface area contributed by atoms with E-state index in [0.717, 1.165) is 25.5 Å². The maximum Gasteiger partial charge on any atom is 0.122 e. The predicted octanol–water partition coefficient (Wildman–Crippen LogP) is 1.56. The molecule has 2 heterocycles. The second-order valence-electron chi connectivity index (χ2n) is 4.34. The van der Waals surface area contributed by atoms with Crippen molar-refractivity contribution in [3.63, 3.8) is 0 Å². The van der Waals surface area contributed by atoms with E-state index in [1.54, 1.807) is 0 Å². The number of aryl methyl sites for hydroxylation is 1. The van der Waals surface area contributed by atoms with E-state index in [2.05, 4.69) is 21.1 Å². The molecule has 1 unspecified atom stereocenters. The standard InChI is InChI=1S/C12H21N3O/c1-13-10-12-14-6-8-15(12)7-2-4-11-5-3-9-16-11/h6,8,11,13H,2-5,7,9-10H2,1H3. The van der Waals surface area contributed by atoms with Gasteiger partial charge in [-0.1, -0.05) is 0 Å². The van der Waals surface area contributed by atoms with Crippen molar-refractivity contribution in [2.24, 2.45) is 0 Å². The molecule has 1 saturated heterocycles. The summed E-state index contributed by atoms with van der Waals surface area (Å²) >= 11 is 0. The first-order valence-corrected chi connectivity index (χ1v) is 6.16. The molecule has 16 heavy (non-hydrogen) atoms. The Balaban J connectivity index is 1.73. The second kappa shape index (κ2) is 6.01. The molecule has 1 fully saturated rings. The van der Waals surface area contributed by atoms with Gasteiger partial charge in [-0.3, -0.25) is 0 Å². The Morgan fingerprint density at radius 1 is 1.62 bits per heavy atom. The normalized spacial score (nSPS) is 20.4. The molecule has 90 valence electrons. The summed E-state index contributed by atoms with van der Waals surface area (Å²) in [6.45, 7) is 2.85. The van der Waals surface area contributed by atoms with Gasteiger partial charge in [-0.15, -0.1) is 0 Å². The van der Waals surface area contributed by atoms with Gasteiger partial charge >= 0.3 is 0 Å². The van der Waals surface area contributed by atoms with Crippen LogP contribution in [0.15, 0.2) is 12.4 Å². The van der Waals surface area contributed by atoms with Crippen molar-refractivity contribution < 1.29 is 4.74 Å². The first kappa shape index (κ1) is 11.6. The smallest absolute Gasteiger partial charge is 0.122 e. The predicted molar refractivity (Wildman–Crippen MR) is 63.2 cm³/mol.